The lowest BCUT2D eigenvalue weighted by molar-refractivity contribution is -0.137. The van der Waals surface area contributed by atoms with E-state index in [1.165, 1.54) is 12.1 Å². The number of halogens is 2. The van der Waals surface area contributed by atoms with Crippen molar-refractivity contribution in [3.63, 3.8) is 0 Å². The van der Waals surface area contributed by atoms with Gasteiger partial charge in [-0.25, -0.2) is 4.39 Å². The summed E-state index contributed by atoms with van der Waals surface area (Å²) >= 11 is 5.66. The molecule has 0 fully saturated rings. The molecule has 1 atom stereocenters. The summed E-state index contributed by atoms with van der Waals surface area (Å²) in [4.78, 5) is 23.4. The predicted molar refractivity (Wildman–Crippen MR) is 95.5 cm³/mol. The van der Waals surface area contributed by atoms with Crippen molar-refractivity contribution < 1.29 is 19.1 Å². The Morgan fingerprint density at radius 3 is 2.62 bits per heavy atom. The van der Waals surface area contributed by atoms with Gasteiger partial charge in [0, 0.05) is 19.2 Å². The molecule has 0 bridgehead atoms. The van der Waals surface area contributed by atoms with Gasteiger partial charge in [-0.05, 0) is 43.5 Å². The maximum Gasteiger partial charge on any atom is 0.305 e. The topological polar surface area (TPSA) is 84.2 Å². The minimum atomic E-state index is -1.09. The number of rotatable bonds is 7. The van der Waals surface area contributed by atoms with E-state index in [1.807, 2.05) is 20.9 Å². The number of hydrogen-bond donors (Lipinski definition) is 2. The number of aryl methyl sites for hydroxylation is 2. The van der Waals surface area contributed by atoms with Gasteiger partial charge in [-0.3, -0.25) is 14.3 Å². The highest BCUT2D eigenvalue weighted by molar-refractivity contribution is 6.30. The van der Waals surface area contributed by atoms with Crippen LogP contribution in [-0.4, -0.2) is 26.8 Å². The monoisotopic (exact) mass is 381 g/mol. The third-order valence-electron chi connectivity index (χ3n) is 4.32. The van der Waals surface area contributed by atoms with Crippen LogP contribution in [-0.2, 0) is 23.1 Å². The SMILES string of the molecule is Cc1nn(C)c(C)c1CCC(=O)NC(CC(=O)O)c1ccc(Cl)c(F)c1. The van der Waals surface area contributed by atoms with Crippen LogP contribution in [0.1, 0.15) is 41.4 Å². The van der Waals surface area contributed by atoms with Crippen LogP contribution in [0.3, 0.4) is 0 Å². The Morgan fingerprint density at radius 1 is 1.38 bits per heavy atom. The van der Waals surface area contributed by atoms with Gasteiger partial charge >= 0.3 is 5.97 Å². The molecule has 1 aromatic heterocycles. The first-order valence-corrected chi connectivity index (χ1v) is 8.52. The molecule has 0 saturated heterocycles. The number of hydrogen-bond acceptors (Lipinski definition) is 3. The number of carbonyl (C=O) groups is 2. The maximum absolute atomic E-state index is 13.7. The zero-order chi connectivity index (χ0) is 19.4. The van der Waals surface area contributed by atoms with E-state index < -0.39 is 17.8 Å². The van der Waals surface area contributed by atoms with Gasteiger partial charge in [-0.2, -0.15) is 5.10 Å². The molecule has 0 aliphatic carbocycles. The number of aromatic nitrogens is 2. The normalized spacial score (nSPS) is 12.0. The van der Waals surface area contributed by atoms with Gasteiger partial charge in [0.1, 0.15) is 5.82 Å². The number of carbonyl (C=O) groups excluding carboxylic acids is 1. The number of benzene rings is 1. The second kappa shape index (κ2) is 8.31. The second-order valence-electron chi connectivity index (χ2n) is 6.16. The molecular formula is C18H21ClFN3O3. The van der Waals surface area contributed by atoms with E-state index in [2.05, 4.69) is 10.4 Å². The minimum absolute atomic E-state index is 0.0586. The maximum atomic E-state index is 13.7. The number of aliphatic carboxylic acids is 1. The van der Waals surface area contributed by atoms with E-state index in [1.54, 1.807) is 4.68 Å². The van der Waals surface area contributed by atoms with Crippen LogP contribution in [0.2, 0.25) is 5.02 Å². The van der Waals surface area contributed by atoms with Crippen molar-refractivity contribution in [3.05, 3.63) is 51.6 Å². The summed E-state index contributed by atoms with van der Waals surface area (Å²) in [5, 5.41) is 16.0. The summed E-state index contributed by atoms with van der Waals surface area (Å²) in [5.41, 5.74) is 3.20. The van der Waals surface area contributed by atoms with Crippen LogP contribution in [0.4, 0.5) is 4.39 Å². The van der Waals surface area contributed by atoms with E-state index in [9.17, 15) is 14.0 Å². The highest BCUT2D eigenvalue weighted by atomic mass is 35.5. The van der Waals surface area contributed by atoms with Crippen LogP contribution in [0.25, 0.3) is 0 Å². The summed E-state index contributed by atoms with van der Waals surface area (Å²) in [5.74, 6) is -2.06. The Balaban J connectivity index is 2.08. The summed E-state index contributed by atoms with van der Waals surface area (Å²) in [6, 6.07) is 3.17. The van der Waals surface area contributed by atoms with Crippen molar-refractivity contribution in [3.8, 4) is 0 Å². The van der Waals surface area contributed by atoms with Gasteiger partial charge in [-0.1, -0.05) is 17.7 Å². The third-order valence-corrected chi connectivity index (χ3v) is 4.63. The highest BCUT2D eigenvalue weighted by Crippen LogP contribution is 2.23. The molecule has 2 N–H and O–H groups in total. The molecule has 0 spiro atoms. The largest absolute Gasteiger partial charge is 0.481 e. The molecule has 26 heavy (non-hydrogen) atoms. The number of carboxylic acid groups (broad SMARTS) is 1. The fourth-order valence-corrected chi connectivity index (χ4v) is 2.96. The van der Waals surface area contributed by atoms with Gasteiger partial charge in [-0.15, -0.1) is 0 Å². The highest BCUT2D eigenvalue weighted by Gasteiger charge is 2.20. The molecule has 0 radical (unpaired) electrons. The molecule has 1 aromatic carbocycles. The van der Waals surface area contributed by atoms with Crippen molar-refractivity contribution in [2.24, 2.45) is 7.05 Å². The van der Waals surface area contributed by atoms with Crippen molar-refractivity contribution in [2.45, 2.75) is 39.2 Å². The quantitative estimate of drug-likeness (QED) is 0.771. The first-order valence-electron chi connectivity index (χ1n) is 8.14. The fourth-order valence-electron chi connectivity index (χ4n) is 2.84. The van der Waals surface area contributed by atoms with Crippen LogP contribution < -0.4 is 5.32 Å². The van der Waals surface area contributed by atoms with Gasteiger partial charge in [0.05, 0.1) is 23.2 Å². The third kappa shape index (κ3) is 4.82. The second-order valence-corrected chi connectivity index (χ2v) is 6.57. The van der Waals surface area contributed by atoms with Crippen molar-refractivity contribution in [1.29, 1.82) is 0 Å². The van der Waals surface area contributed by atoms with Crippen LogP contribution in [0.15, 0.2) is 18.2 Å². The molecule has 1 heterocycles. The predicted octanol–water partition coefficient (Wildman–Crippen LogP) is 3.09. The Kier molecular flexibility index (Phi) is 6.37. The number of carboxylic acids is 1. The van der Waals surface area contributed by atoms with Crippen molar-refractivity contribution in [2.75, 3.05) is 0 Å². The molecule has 2 aromatic rings. The van der Waals surface area contributed by atoms with Gasteiger partial charge in [0.2, 0.25) is 5.91 Å². The molecule has 0 saturated carbocycles. The van der Waals surface area contributed by atoms with Crippen LogP contribution in [0.5, 0.6) is 0 Å². The minimum Gasteiger partial charge on any atom is -0.481 e. The zero-order valence-corrected chi connectivity index (χ0v) is 15.6. The summed E-state index contributed by atoms with van der Waals surface area (Å²) in [7, 11) is 1.84. The van der Waals surface area contributed by atoms with E-state index in [0.717, 1.165) is 23.0 Å². The van der Waals surface area contributed by atoms with E-state index in [0.29, 0.717) is 12.0 Å². The van der Waals surface area contributed by atoms with Crippen LogP contribution >= 0.6 is 11.6 Å². The lowest BCUT2D eigenvalue weighted by atomic mass is 10.0. The first kappa shape index (κ1) is 19.9. The number of nitrogens with one attached hydrogen (secondary N) is 1. The standard InChI is InChI=1S/C18H21ClFN3O3/c1-10-13(11(2)23(3)22-10)5-7-17(24)21-16(9-18(25)26)12-4-6-14(19)15(20)8-12/h4,6,8,16H,5,7,9H2,1-3H3,(H,21,24)(H,25,26). The average molecular weight is 382 g/mol. The Labute approximate surface area is 156 Å². The molecular weight excluding hydrogens is 361 g/mol. The smallest absolute Gasteiger partial charge is 0.305 e. The number of amides is 1. The molecule has 1 amide bonds. The van der Waals surface area contributed by atoms with Gasteiger partial charge in [0.25, 0.3) is 0 Å². The molecule has 6 nitrogen and oxygen atoms in total. The summed E-state index contributed by atoms with van der Waals surface area (Å²) in [6.07, 6.45) is 0.323. The van der Waals surface area contributed by atoms with Crippen molar-refractivity contribution >= 4 is 23.5 Å². The number of nitrogens with zero attached hydrogens (tertiary/aromatic N) is 2. The molecule has 2 rings (SSSR count). The van der Waals surface area contributed by atoms with Gasteiger partial charge in [0.15, 0.2) is 0 Å². The van der Waals surface area contributed by atoms with Crippen molar-refractivity contribution in [1.82, 2.24) is 15.1 Å². The lowest BCUT2D eigenvalue weighted by Gasteiger charge is -2.18. The molecule has 0 aliphatic rings. The Bertz CT molecular complexity index is 835. The Morgan fingerprint density at radius 2 is 2.08 bits per heavy atom. The summed E-state index contributed by atoms with van der Waals surface area (Å²) in [6.45, 7) is 3.81. The van der Waals surface area contributed by atoms with E-state index >= 15 is 0 Å². The lowest BCUT2D eigenvalue weighted by Crippen LogP contribution is -2.30. The summed E-state index contributed by atoms with van der Waals surface area (Å²) < 4.78 is 15.4. The van der Waals surface area contributed by atoms with E-state index in [-0.39, 0.29) is 23.8 Å². The van der Waals surface area contributed by atoms with E-state index in [4.69, 9.17) is 16.7 Å². The van der Waals surface area contributed by atoms with Crippen LogP contribution in [0, 0.1) is 19.7 Å². The molecule has 0 aliphatic heterocycles. The molecule has 1 unspecified atom stereocenters. The molecule has 8 heteroatoms. The van der Waals surface area contributed by atoms with Gasteiger partial charge < -0.3 is 10.4 Å². The fraction of sp³-hybridized carbons (Fsp3) is 0.389. The zero-order valence-electron chi connectivity index (χ0n) is 14.8. The Hall–Kier alpha value is -2.41. The average Bonchev–Trinajstić information content (AvgIpc) is 2.79. The first-order chi connectivity index (χ1) is 12.2. The molecule has 140 valence electrons.